The minimum Gasteiger partial charge on any atom is -0.370 e. The van der Waals surface area contributed by atoms with Gasteiger partial charge in [-0.25, -0.2) is 9.38 Å². The molecule has 0 atom stereocenters. The van der Waals surface area contributed by atoms with E-state index in [1.54, 1.807) is 0 Å². The van der Waals surface area contributed by atoms with Gasteiger partial charge in [0, 0.05) is 11.3 Å². The summed E-state index contributed by atoms with van der Waals surface area (Å²) in [5.41, 5.74) is 8.59. The molecule has 0 aliphatic heterocycles. The Bertz CT molecular complexity index is 720. The Kier molecular flexibility index (Phi) is 7.48. The third kappa shape index (κ3) is 5.53. The maximum absolute atomic E-state index is 13.6. The first-order valence-corrected chi connectivity index (χ1v) is 6.96. The Morgan fingerprint density at radius 2 is 1.96 bits per heavy atom. The Hall–Kier alpha value is -2.14. The molecular formula is C17H18FIN4. The summed E-state index contributed by atoms with van der Waals surface area (Å²) in [6.07, 6.45) is 0.971. The van der Waals surface area contributed by atoms with Crippen molar-refractivity contribution in [3.05, 3.63) is 65.0 Å². The van der Waals surface area contributed by atoms with E-state index in [1.165, 1.54) is 23.8 Å². The van der Waals surface area contributed by atoms with Crippen molar-refractivity contribution in [1.29, 1.82) is 5.26 Å². The Labute approximate surface area is 152 Å². The molecular weight excluding hydrogens is 406 g/mol. The number of anilines is 1. The quantitative estimate of drug-likeness (QED) is 0.446. The molecule has 2 aromatic rings. The van der Waals surface area contributed by atoms with Crippen LogP contribution < -0.4 is 11.1 Å². The molecule has 6 heteroatoms. The van der Waals surface area contributed by atoms with Crippen molar-refractivity contribution in [1.82, 2.24) is 0 Å². The molecule has 4 nitrogen and oxygen atoms in total. The van der Waals surface area contributed by atoms with Crippen molar-refractivity contribution >= 4 is 35.6 Å². The molecule has 23 heavy (non-hydrogen) atoms. The summed E-state index contributed by atoms with van der Waals surface area (Å²) in [7, 11) is 0. The molecule has 3 N–H and O–H groups in total. The summed E-state index contributed by atoms with van der Waals surface area (Å²) in [5.74, 6) is -0.200. The molecule has 0 heterocycles. The summed E-state index contributed by atoms with van der Waals surface area (Å²) >= 11 is 0. The standard InChI is InChI=1S/C17H17FN4.HI/c1-2-12-3-6-15(7-4-12)22-17(20)21-11-14-9-13(10-19)5-8-16(14)18;/h3-9H,2,11H2,1H3,(H3,20,21,22);1H. The van der Waals surface area contributed by atoms with Gasteiger partial charge in [0.1, 0.15) is 5.82 Å². The lowest BCUT2D eigenvalue weighted by Crippen LogP contribution is -2.22. The van der Waals surface area contributed by atoms with Crippen molar-refractivity contribution in [2.75, 3.05) is 5.32 Å². The van der Waals surface area contributed by atoms with Crippen molar-refractivity contribution in [3.8, 4) is 6.07 Å². The SMILES string of the molecule is CCc1ccc(NC(N)=NCc2cc(C#N)ccc2F)cc1.I. The van der Waals surface area contributed by atoms with E-state index < -0.39 is 5.82 Å². The number of nitrogens with one attached hydrogen (secondary N) is 1. The highest BCUT2D eigenvalue weighted by Gasteiger charge is 2.03. The Morgan fingerprint density at radius 3 is 2.57 bits per heavy atom. The van der Waals surface area contributed by atoms with Crippen molar-refractivity contribution in [2.45, 2.75) is 19.9 Å². The van der Waals surface area contributed by atoms with Crippen LogP contribution in [0.2, 0.25) is 0 Å². The van der Waals surface area contributed by atoms with Gasteiger partial charge in [-0.05, 0) is 42.3 Å². The number of rotatable bonds is 4. The number of guanidine groups is 1. The van der Waals surface area contributed by atoms with Crippen molar-refractivity contribution < 1.29 is 4.39 Å². The number of hydrogen-bond donors (Lipinski definition) is 2. The predicted octanol–water partition coefficient (Wildman–Crippen LogP) is 3.80. The molecule has 0 aromatic heterocycles. The van der Waals surface area contributed by atoms with E-state index in [1.807, 2.05) is 30.3 Å². The Balaban J connectivity index is 0.00000264. The molecule has 0 radical (unpaired) electrons. The molecule has 0 unspecified atom stereocenters. The lowest BCUT2D eigenvalue weighted by atomic mass is 10.1. The smallest absolute Gasteiger partial charge is 0.193 e. The number of hydrogen-bond acceptors (Lipinski definition) is 2. The van der Waals surface area contributed by atoms with E-state index in [9.17, 15) is 4.39 Å². The van der Waals surface area contributed by atoms with Crippen molar-refractivity contribution in [2.24, 2.45) is 10.7 Å². The fourth-order valence-corrected chi connectivity index (χ4v) is 1.95. The van der Waals surface area contributed by atoms with E-state index in [-0.39, 0.29) is 36.5 Å². The zero-order chi connectivity index (χ0) is 15.9. The first-order chi connectivity index (χ1) is 10.6. The second-order valence-corrected chi connectivity index (χ2v) is 4.79. The molecule has 0 spiro atoms. The van der Waals surface area contributed by atoms with E-state index in [2.05, 4.69) is 17.2 Å². The van der Waals surface area contributed by atoms with Gasteiger partial charge in [-0.15, -0.1) is 24.0 Å². The molecule has 0 fully saturated rings. The van der Waals surface area contributed by atoms with Gasteiger partial charge in [-0.1, -0.05) is 19.1 Å². The van der Waals surface area contributed by atoms with Gasteiger partial charge in [0.2, 0.25) is 0 Å². The van der Waals surface area contributed by atoms with Crippen molar-refractivity contribution in [3.63, 3.8) is 0 Å². The van der Waals surface area contributed by atoms with Crippen LogP contribution in [-0.2, 0) is 13.0 Å². The van der Waals surface area contributed by atoms with Crippen LogP contribution in [0, 0.1) is 17.1 Å². The molecule has 2 rings (SSSR count). The Morgan fingerprint density at radius 1 is 1.26 bits per heavy atom. The number of halogens is 2. The van der Waals surface area contributed by atoms with E-state index >= 15 is 0 Å². The van der Waals surface area contributed by atoms with Crippen LogP contribution in [0.3, 0.4) is 0 Å². The first kappa shape index (κ1) is 18.9. The number of aliphatic imine (C=N–C) groups is 1. The fraction of sp³-hybridized carbons (Fsp3) is 0.176. The van der Waals surface area contributed by atoms with Crippen LogP contribution in [0.4, 0.5) is 10.1 Å². The summed E-state index contributed by atoms with van der Waals surface area (Å²) in [6.45, 7) is 2.16. The highest BCUT2D eigenvalue weighted by atomic mass is 127. The van der Waals surface area contributed by atoms with Crippen LogP contribution >= 0.6 is 24.0 Å². The lowest BCUT2D eigenvalue weighted by molar-refractivity contribution is 0.610. The zero-order valence-electron chi connectivity index (χ0n) is 12.7. The monoisotopic (exact) mass is 424 g/mol. The van der Waals surface area contributed by atoms with Crippen LogP contribution in [0.15, 0.2) is 47.5 Å². The second kappa shape index (κ2) is 9.10. The molecule has 120 valence electrons. The van der Waals surface area contributed by atoms with Crippen LogP contribution in [0.25, 0.3) is 0 Å². The van der Waals surface area contributed by atoms with Crippen LogP contribution in [0.5, 0.6) is 0 Å². The maximum atomic E-state index is 13.6. The predicted molar refractivity (Wildman–Crippen MR) is 101 cm³/mol. The van der Waals surface area contributed by atoms with Gasteiger partial charge < -0.3 is 11.1 Å². The van der Waals surface area contributed by atoms with Gasteiger partial charge >= 0.3 is 0 Å². The van der Waals surface area contributed by atoms with Crippen LogP contribution in [0.1, 0.15) is 23.6 Å². The number of benzene rings is 2. The van der Waals surface area contributed by atoms with Gasteiger partial charge in [0.15, 0.2) is 5.96 Å². The first-order valence-electron chi connectivity index (χ1n) is 6.96. The zero-order valence-corrected chi connectivity index (χ0v) is 15.0. The normalized spacial score (nSPS) is 10.6. The van der Waals surface area contributed by atoms with E-state index in [4.69, 9.17) is 11.0 Å². The number of nitrogens with zero attached hydrogens (tertiary/aromatic N) is 2. The summed E-state index contributed by atoms with van der Waals surface area (Å²) in [6, 6.07) is 14.0. The molecule has 0 bridgehead atoms. The molecule has 2 aromatic carbocycles. The van der Waals surface area contributed by atoms with Gasteiger partial charge in [0.05, 0.1) is 18.2 Å². The highest BCUT2D eigenvalue weighted by Crippen LogP contribution is 2.12. The van der Waals surface area contributed by atoms with Gasteiger partial charge in [-0.3, -0.25) is 0 Å². The lowest BCUT2D eigenvalue weighted by Gasteiger charge is -2.07. The van der Waals surface area contributed by atoms with Gasteiger partial charge in [0.25, 0.3) is 0 Å². The summed E-state index contributed by atoms with van der Waals surface area (Å²) < 4.78 is 13.6. The minimum atomic E-state index is -0.400. The summed E-state index contributed by atoms with van der Waals surface area (Å²) in [4.78, 5) is 4.10. The molecule has 0 aliphatic rings. The fourth-order valence-electron chi connectivity index (χ4n) is 1.95. The van der Waals surface area contributed by atoms with Gasteiger partial charge in [-0.2, -0.15) is 5.26 Å². The van der Waals surface area contributed by atoms with E-state index in [0.717, 1.165) is 12.1 Å². The maximum Gasteiger partial charge on any atom is 0.193 e. The van der Waals surface area contributed by atoms with E-state index in [0.29, 0.717) is 11.1 Å². The highest BCUT2D eigenvalue weighted by molar-refractivity contribution is 14.0. The second-order valence-electron chi connectivity index (χ2n) is 4.79. The van der Waals surface area contributed by atoms with Crippen LogP contribution in [-0.4, -0.2) is 5.96 Å². The minimum absolute atomic E-state index is 0. The average molecular weight is 424 g/mol. The third-order valence-corrected chi connectivity index (χ3v) is 3.23. The largest absolute Gasteiger partial charge is 0.370 e. The third-order valence-electron chi connectivity index (χ3n) is 3.23. The molecule has 0 amide bonds. The molecule has 0 saturated carbocycles. The average Bonchev–Trinajstić information content (AvgIpc) is 2.55. The number of nitriles is 1. The number of aryl methyl sites for hydroxylation is 1. The molecule has 0 aliphatic carbocycles. The molecule has 0 saturated heterocycles. The topological polar surface area (TPSA) is 74.2 Å². The summed E-state index contributed by atoms with van der Waals surface area (Å²) in [5, 5.41) is 11.8. The number of nitrogens with two attached hydrogens (primary N) is 1.